The van der Waals surface area contributed by atoms with Crippen LogP contribution < -0.4 is 10.5 Å². The minimum atomic E-state index is 0.248. The number of hydrogen-bond acceptors (Lipinski definition) is 3. The van der Waals surface area contributed by atoms with E-state index < -0.39 is 0 Å². The van der Waals surface area contributed by atoms with Crippen molar-refractivity contribution in [3.05, 3.63) is 22.9 Å². The van der Waals surface area contributed by atoms with Crippen LogP contribution in [0, 0.1) is 5.41 Å². The van der Waals surface area contributed by atoms with Crippen LogP contribution in [0.3, 0.4) is 0 Å². The van der Waals surface area contributed by atoms with Gasteiger partial charge < -0.3 is 10.5 Å². The van der Waals surface area contributed by atoms with Gasteiger partial charge in [-0.3, -0.25) is 0 Å². The molecule has 3 nitrogen and oxygen atoms in total. The van der Waals surface area contributed by atoms with Crippen LogP contribution in [0.25, 0.3) is 0 Å². The van der Waals surface area contributed by atoms with Crippen molar-refractivity contribution in [3.8, 4) is 5.88 Å². The maximum absolute atomic E-state index is 5.86. The van der Waals surface area contributed by atoms with Crippen LogP contribution in [0.15, 0.2) is 6.07 Å². The summed E-state index contributed by atoms with van der Waals surface area (Å²) in [6.07, 6.45) is 5.49. The predicted octanol–water partition coefficient (Wildman–Crippen LogP) is 3.41. The van der Waals surface area contributed by atoms with E-state index in [1.54, 1.807) is 0 Å². The van der Waals surface area contributed by atoms with Crippen molar-refractivity contribution in [2.24, 2.45) is 11.1 Å². The molecule has 4 heteroatoms. The Bertz CT molecular complexity index is 506. The van der Waals surface area contributed by atoms with Gasteiger partial charge in [0.25, 0.3) is 0 Å². The van der Waals surface area contributed by atoms with E-state index in [0.29, 0.717) is 17.5 Å². The lowest BCUT2D eigenvalue weighted by Crippen LogP contribution is -2.18. The molecule has 0 unspecified atom stereocenters. The van der Waals surface area contributed by atoms with Crippen LogP contribution in [0.2, 0.25) is 0 Å². The molecule has 0 atom stereocenters. The van der Waals surface area contributed by atoms with Crippen molar-refractivity contribution in [1.29, 1.82) is 0 Å². The summed E-state index contributed by atoms with van der Waals surface area (Å²) in [5.41, 5.74) is 9.29. The zero-order chi connectivity index (χ0) is 14.8. The first-order valence-electron chi connectivity index (χ1n) is 7.32. The second kappa shape index (κ2) is 6.08. The molecule has 0 spiro atoms. The topological polar surface area (TPSA) is 48.1 Å². The Kier molecular flexibility index (Phi) is 4.63. The first kappa shape index (κ1) is 15.2. The van der Waals surface area contributed by atoms with Gasteiger partial charge in [-0.25, -0.2) is 4.98 Å². The average Bonchev–Trinajstić information content (AvgIpc) is 2.36. The molecule has 2 N–H and O–H groups in total. The van der Waals surface area contributed by atoms with E-state index in [-0.39, 0.29) is 5.41 Å². The molecule has 1 heterocycles. The molecule has 0 saturated carbocycles. The third kappa shape index (κ3) is 3.92. The SMILES string of the molecule is CC(C)(C)CCOc1nc2c(cc1C(N)=S)CCCC2. The van der Waals surface area contributed by atoms with Crippen molar-refractivity contribution in [1.82, 2.24) is 4.98 Å². The summed E-state index contributed by atoms with van der Waals surface area (Å²) in [4.78, 5) is 5.04. The molecule has 1 aromatic rings. The maximum atomic E-state index is 5.86. The average molecular weight is 292 g/mol. The van der Waals surface area contributed by atoms with E-state index >= 15 is 0 Å². The zero-order valence-electron chi connectivity index (χ0n) is 12.7. The van der Waals surface area contributed by atoms with Crippen LogP contribution in [0.1, 0.15) is 56.9 Å². The molecule has 2 rings (SSSR count). The summed E-state index contributed by atoms with van der Waals surface area (Å²) in [5, 5.41) is 0. The quantitative estimate of drug-likeness (QED) is 0.864. The number of nitrogens with zero attached hydrogens (tertiary/aromatic N) is 1. The third-order valence-electron chi connectivity index (χ3n) is 3.62. The Hall–Kier alpha value is -1.16. The first-order valence-corrected chi connectivity index (χ1v) is 7.73. The van der Waals surface area contributed by atoms with Gasteiger partial charge in [-0.2, -0.15) is 0 Å². The smallest absolute Gasteiger partial charge is 0.224 e. The van der Waals surface area contributed by atoms with Gasteiger partial charge in [0.15, 0.2) is 0 Å². The predicted molar refractivity (Wildman–Crippen MR) is 86.3 cm³/mol. The molecular formula is C16H24N2OS. The molecule has 0 saturated heterocycles. The fraction of sp³-hybridized carbons (Fsp3) is 0.625. The third-order valence-corrected chi connectivity index (χ3v) is 3.84. The lowest BCUT2D eigenvalue weighted by atomic mass is 9.93. The van der Waals surface area contributed by atoms with Crippen LogP contribution in [-0.2, 0) is 12.8 Å². The number of aryl methyl sites for hydroxylation is 2. The molecule has 1 aliphatic carbocycles. The Balaban J connectivity index is 2.19. The van der Waals surface area contributed by atoms with Gasteiger partial charge in [-0.1, -0.05) is 33.0 Å². The van der Waals surface area contributed by atoms with Crippen LogP contribution in [-0.4, -0.2) is 16.6 Å². The Morgan fingerprint density at radius 3 is 2.70 bits per heavy atom. The summed E-state index contributed by atoms with van der Waals surface area (Å²) in [6, 6.07) is 2.08. The van der Waals surface area contributed by atoms with E-state index in [1.807, 2.05) is 0 Å². The first-order chi connectivity index (χ1) is 9.37. The summed E-state index contributed by atoms with van der Waals surface area (Å²) < 4.78 is 5.86. The summed E-state index contributed by atoms with van der Waals surface area (Å²) >= 11 is 5.14. The maximum Gasteiger partial charge on any atom is 0.224 e. The number of fused-ring (bicyclic) bond motifs is 1. The monoisotopic (exact) mass is 292 g/mol. The van der Waals surface area contributed by atoms with Crippen molar-refractivity contribution in [2.45, 2.75) is 52.9 Å². The van der Waals surface area contributed by atoms with Crippen LogP contribution in [0.5, 0.6) is 5.88 Å². The molecule has 0 fully saturated rings. The highest BCUT2D eigenvalue weighted by Crippen LogP contribution is 2.27. The number of ether oxygens (including phenoxy) is 1. The summed E-state index contributed by atoms with van der Waals surface area (Å²) in [5.74, 6) is 0.613. The number of hydrogen-bond donors (Lipinski definition) is 1. The van der Waals surface area contributed by atoms with E-state index in [0.717, 1.165) is 30.5 Å². The Morgan fingerprint density at radius 2 is 2.05 bits per heavy atom. The molecule has 20 heavy (non-hydrogen) atoms. The Labute approximate surface area is 126 Å². The molecule has 1 aliphatic rings. The van der Waals surface area contributed by atoms with Crippen molar-refractivity contribution < 1.29 is 4.74 Å². The highest BCUT2D eigenvalue weighted by atomic mass is 32.1. The second-order valence-electron chi connectivity index (χ2n) is 6.68. The number of rotatable bonds is 4. The highest BCUT2D eigenvalue weighted by Gasteiger charge is 2.18. The van der Waals surface area contributed by atoms with Crippen molar-refractivity contribution >= 4 is 17.2 Å². The second-order valence-corrected chi connectivity index (χ2v) is 7.12. The lowest BCUT2D eigenvalue weighted by Gasteiger charge is -2.21. The molecule has 0 bridgehead atoms. The van der Waals surface area contributed by atoms with Gasteiger partial charge in [0, 0.05) is 5.69 Å². The minimum absolute atomic E-state index is 0.248. The van der Waals surface area contributed by atoms with Gasteiger partial charge in [-0.15, -0.1) is 0 Å². The van der Waals surface area contributed by atoms with E-state index in [4.69, 9.17) is 22.7 Å². The number of pyridine rings is 1. The van der Waals surface area contributed by atoms with Crippen molar-refractivity contribution in [2.75, 3.05) is 6.61 Å². The molecule has 1 aromatic heterocycles. The molecular weight excluding hydrogens is 268 g/mol. The van der Waals surface area contributed by atoms with Crippen molar-refractivity contribution in [3.63, 3.8) is 0 Å². The fourth-order valence-corrected chi connectivity index (χ4v) is 2.50. The van der Waals surface area contributed by atoms with E-state index in [9.17, 15) is 0 Å². The summed E-state index contributed by atoms with van der Waals surface area (Å²) in [6.45, 7) is 7.24. The lowest BCUT2D eigenvalue weighted by molar-refractivity contribution is 0.235. The molecule has 0 amide bonds. The Morgan fingerprint density at radius 1 is 1.35 bits per heavy atom. The van der Waals surface area contributed by atoms with Gasteiger partial charge in [0.1, 0.15) is 4.99 Å². The zero-order valence-corrected chi connectivity index (χ0v) is 13.5. The van der Waals surface area contributed by atoms with E-state index in [1.165, 1.54) is 18.4 Å². The molecule has 110 valence electrons. The van der Waals surface area contributed by atoms with Gasteiger partial charge in [-0.05, 0) is 49.1 Å². The standard InChI is InChI=1S/C16H24N2OS/c1-16(2,3)8-9-19-15-12(14(17)20)10-11-6-4-5-7-13(11)18-15/h10H,4-9H2,1-3H3,(H2,17,20). The van der Waals surface area contributed by atoms with E-state index in [2.05, 4.69) is 31.8 Å². The van der Waals surface area contributed by atoms with Crippen LogP contribution >= 0.6 is 12.2 Å². The normalized spacial score (nSPS) is 14.8. The van der Waals surface area contributed by atoms with Gasteiger partial charge in [0.2, 0.25) is 5.88 Å². The number of nitrogens with two attached hydrogens (primary N) is 1. The molecule has 0 aromatic carbocycles. The number of aromatic nitrogens is 1. The number of thiocarbonyl (C=S) groups is 1. The molecule has 0 radical (unpaired) electrons. The summed E-state index contributed by atoms with van der Waals surface area (Å²) in [7, 11) is 0. The minimum Gasteiger partial charge on any atom is -0.477 e. The van der Waals surface area contributed by atoms with Crippen LogP contribution in [0.4, 0.5) is 0 Å². The molecule has 0 aliphatic heterocycles. The highest BCUT2D eigenvalue weighted by molar-refractivity contribution is 7.80. The van der Waals surface area contributed by atoms with Gasteiger partial charge >= 0.3 is 0 Å². The van der Waals surface area contributed by atoms with Gasteiger partial charge in [0.05, 0.1) is 12.2 Å². The largest absolute Gasteiger partial charge is 0.477 e. The fourth-order valence-electron chi connectivity index (χ4n) is 2.36.